The summed E-state index contributed by atoms with van der Waals surface area (Å²) in [7, 11) is 0. The van der Waals surface area contributed by atoms with Crippen LogP contribution in [0.5, 0.6) is 11.5 Å². The summed E-state index contributed by atoms with van der Waals surface area (Å²) in [5.41, 5.74) is 1.71. The van der Waals surface area contributed by atoms with Crippen molar-refractivity contribution in [2.75, 3.05) is 32.8 Å². The number of aromatic hydroxyl groups is 2. The van der Waals surface area contributed by atoms with Gasteiger partial charge in [0.05, 0.1) is 6.61 Å². The zero-order valence-corrected chi connectivity index (χ0v) is 16.5. The van der Waals surface area contributed by atoms with E-state index in [2.05, 4.69) is 0 Å². The minimum absolute atomic E-state index is 0.0186. The molecule has 0 aliphatic carbocycles. The molecule has 0 aromatic heterocycles. The molecule has 29 heavy (non-hydrogen) atoms. The van der Waals surface area contributed by atoms with E-state index in [1.165, 1.54) is 0 Å². The number of carbonyl (C=O) groups excluding carboxylic acids is 2. The maximum Gasteiger partial charge on any atom is 0.409 e. The van der Waals surface area contributed by atoms with Crippen LogP contribution in [0.25, 0.3) is 0 Å². The van der Waals surface area contributed by atoms with E-state index in [1.54, 1.807) is 59.2 Å². The summed E-state index contributed by atoms with van der Waals surface area (Å²) in [6, 6.07) is 13.6. The molecule has 7 nitrogen and oxygen atoms in total. The smallest absolute Gasteiger partial charge is 0.409 e. The van der Waals surface area contributed by atoms with Gasteiger partial charge < -0.3 is 24.7 Å². The van der Waals surface area contributed by atoms with E-state index < -0.39 is 0 Å². The minimum Gasteiger partial charge on any atom is -0.508 e. The van der Waals surface area contributed by atoms with Gasteiger partial charge in [0, 0.05) is 38.5 Å². The standard InChI is InChI=1S/C22H26N2O5/c1-2-29-22(28)24-12-10-23(11-13-24)21(27)15-20(16-6-8-18(25)9-7-16)17-4-3-5-19(26)14-17/h3-9,14,20,25-26H,2,10-13,15H2,1H3/t20-/m0/s1. The molecule has 0 radical (unpaired) electrons. The van der Waals surface area contributed by atoms with Crippen molar-refractivity contribution in [2.45, 2.75) is 19.3 Å². The summed E-state index contributed by atoms with van der Waals surface area (Å²) in [5, 5.41) is 19.5. The molecule has 1 atom stereocenters. The third kappa shape index (κ3) is 5.19. The molecular formula is C22H26N2O5. The lowest BCUT2D eigenvalue weighted by Crippen LogP contribution is -2.50. The number of piperazine rings is 1. The molecule has 2 amide bonds. The van der Waals surface area contributed by atoms with Crippen molar-refractivity contribution >= 4 is 12.0 Å². The fraction of sp³-hybridized carbons (Fsp3) is 0.364. The number of benzene rings is 2. The maximum absolute atomic E-state index is 13.0. The molecule has 154 valence electrons. The molecule has 2 N–H and O–H groups in total. The van der Waals surface area contributed by atoms with Crippen molar-refractivity contribution in [3.63, 3.8) is 0 Å². The van der Waals surface area contributed by atoms with E-state index in [0.717, 1.165) is 11.1 Å². The summed E-state index contributed by atoms with van der Waals surface area (Å²) < 4.78 is 5.02. The second kappa shape index (κ2) is 9.32. The molecule has 1 aliphatic rings. The minimum atomic E-state index is -0.346. The van der Waals surface area contributed by atoms with Crippen LogP contribution >= 0.6 is 0 Å². The normalized spacial score (nSPS) is 15.1. The molecule has 2 aromatic carbocycles. The van der Waals surface area contributed by atoms with Gasteiger partial charge in [-0.05, 0) is 42.3 Å². The second-order valence-electron chi connectivity index (χ2n) is 7.01. The number of nitrogens with zero attached hydrogens (tertiary/aromatic N) is 2. The van der Waals surface area contributed by atoms with Crippen LogP contribution in [-0.2, 0) is 9.53 Å². The number of carbonyl (C=O) groups is 2. The zero-order chi connectivity index (χ0) is 20.8. The van der Waals surface area contributed by atoms with Crippen molar-refractivity contribution in [1.82, 2.24) is 9.80 Å². The Kier molecular flexibility index (Phi) is 6.59. The van der Waals surface area contributed by atoms with Crippen LogP contribution in [-0.4, -0.2) is 64.8 Å². The number of hydrogen-bond acceptors (Lipinski definition) is 5. The third-order valence-corrected chi connectivity index (χ3v) is 5.11. The number of rotatable bonds is 5. The molecule has 1 aliphatic heterocycles. The molecule has 3 rings (SSSR count). The number of ether oxygens (including phenoxy) is 1. The molecule has 2 aromatic rings. The molecular weight excluding hydrogens is 372 g/mol. The van der Waals surface area contributed by atoms with Crippen molar-refractivity contribution in [1.29, 1.82) is 0 Å². The molecule has 0 spiro atoms. The highest BCUT2D eigenvalue weighted by Crippen LogP contribution is 2.31. The van der Waals surface area contributed by atoms with Crippen LogP contribution in [0.4, 0.5) is 4.79 Å². The van der Waals surface area contributed by atoms with E-state index in [1.807, 2.05) is 6.07 Å². The van der Waals surface area contributed by atoms with Crippen LogP contribution in [0.15, 0.2) is 48.5 Å². The van der Waals surface area contributed by atoms with Crippen LogP contribution < -0.4 is 0 Å². The van der Waals surface area contributed by atoms with E-state index in [0.29, 0.717) is 32.8 Å². The molecule has 0 saturated carbocycles. The third-order valence-electron chi connectivity index (χ3n) is 5.11. The summed E-state index contributed by atoms with van der Waals surface area (Å²) in [6.45, 7) is 3.90. The highest BCUT2D eigenvalue weighted by molar-refractivity contribution is 5.78. The van der Waals surface area contributed by atoms with Crippen molar-refractivity contribution < 1.29 is 24.5 Å². The number of phenolic OH excluding ortho intramolecular Hbond substituents is 2. The topological polar surface area (TPSA) is 90.3 Å². The first-order valence-electron chi connectivity index (χ1n) is 9.75. The highest BCUT2D eigenvalue weighted by Gasteiger charge is 2.27. The van der Waals surface area contributed by atoms with Gasteiger partial charge in [-0.15, -0.1) is 0 Å². The quantitative estimate of drug-likeness (QED) is 0.808. The Morgan fingerprint density at radius 1 is 0.931 bits per heavy atom. The first kappa shape index (κ1) is 20.5. The lowest BCUT2D eigenvalue weighted by Gasteiger charge is -2.34. The maximum atomic E-state index is 13.0. The lowest BCUT2D eigenvalue weighted by atomic mass is 9.88. The Morgan fingerprint density at radius 2 is 1.59 bits per heavy atom. The fourth-order valence-corrected chi connectivity index (χ4v) is 3.53. The Hall–Kier alpha value is -3.22. The van der Waals surface area contributed by atoms with Crippen molar-refractivity contribution in [3.05, 3.63) is 59.7 Å². The summed E-state index contributed by atoms with van der Waals surface area (Å²) in [5.74, 6) is 0.0276. The SMILES string of the molecule is CCOC(=O)N1CCN(C(=O)C[C@@H](c2ccc(O)cc2)c2cccc(O)c2)CC1. The van der Waals surface area contributed by atoms with Gasteiger partial charge in [-0.25, -0.2) is 4.79 Å². The van der Waals surface area contributed by atoms with Crippen LogP contribution in [0.2, 0.25) is 0 Å². The average molecular weight is 398 g/mol. The fourth-order valence-electron chi connectivity index (χ4n) is 3.53. The average Bonchev–Trinajstić information content (AvgIpc) is 2.73. The van der Waals surface area contributed by atoms with Crippen LogP contribution in [0.3, 0.4) is 0 Å². The van der Waals surface area contributed by atoms with Gasteiger partial charge in [0.2, 0.25) is 5.91 Å². The second-order valence-corrected chi connectivity index (χ2v) is 7.01. The van der Waals surface area contributed by atoms with Gasteiger partial charge in [0.15, 0.2) is 0 Å². The lowest BCUT2D eigenvalue weighted by molar-refractivity contribution is -0.133. The predicted octanol–water partition coefficient (Wildman–Crippen LogP) is 2.92. The molecule has 7 heteroatoms. The molecule has 1 heterocycles. The van der Waals surface area contributed by atoms with Crippen molar-refractivity contribution in [3.8, 4) is 11.5 Å². The van der Waals surface area contributed by atoms with Gasteiger partial charge in [0.1, 0.15) is 11.5 Å². The summed E-state index contributed by atoms with van der Waals surface area (Å²) >= 11 is 0. The summed E-state index contributed by atoms with van der Waals surface area (Å²) in [4.78, 5) is 28.2. The Labute approximate surface area is 170 Å². The largest absolute Gasteiger partial charge is 0.508 e. The van der Waals surface area contributed by atoms with Crippen LogP contribution in [0.1, 0.15) is 30.4 Å². The molecule has 0 unspecified atom stereocenters. The highest BCUT2D eigenvalue weighted by atomic mass is 16.6. The van der Waals surface area contributed by atoms with Gasteiger partial charge in [-0.2, -0.15) is 0 Å². The Morgan fingerprint density at radius 3 is 2.21 bits per heavy atom. The summed E-state index contributed by atoms with van der Waals surface area (Å²) in [6.07, 6.45) is -0.116. The van der Waals surface area contributed by atoms with Crippen molar-refractivity contribution in [2.24, 2.45) is 0 Å². The van der Waals surface area contributed by atoms with E-state index >= 15 is 0 Å². The Bertz CT molecular complexity index is 845. The zero-order valence-electron chi connectivity index (χ0n) is 16.5. The van der Waals surface area contributed by atoms with Crippen LogP contribution in [0, 0.1) is 0 Å². The number of phenols is 2. The van der Waals surface area contributed by atoms with Gasteiger partial charge in [-0.3, -0.25) is 4.79 Å². The molecule has 0 bridgehead atoms. The van der Waals surface area contributed by atoms with E-state index in [-0.39, 0.29) is 35.8 Å². The van der Waals surface area contributed by atoms with E-state index in [9.17, 15) is 19.8 Å². The first-order chi connectivity index (χ1) is 14.0. The molecule has 1 saturated heterocycles. The van der Waals surface area contributed by atoms with Gasteiger partial charge >= 0.3 is 6.09 Å². The first-order valence-corrected chi connectivity index (χ1v) is 9.75. The predicted molar refractivity (Wildman–Crippen MR) is 108 cm³/mol. The molecule has 1 fully saturated rings. The Balaban J connectivity index is 1.72. The van der Waals surface area contributed by atoms with E-state index in [4.69, 9.17) is 4.74 Å². The van der Waals surface area contributed by atoms with Gasteiger partial charge in [-0.1, -0.05) is 24.3 Å². The van der Waals surface area contributed by atoms with Gasteiger partial charge in [0.25, 0.3) is 0 Å². The number of amides is 2. The number of hydrogen-bond donors (Lipinski definition) is 2. The monoisotopic (exact) mass is 398 g/mol.